The van der Waals surface area contributed by atoms with Crippen molar-refractivity contribution in [2.24, 2.45) is 0 Å². The molecule has 3 atom stereocenters. The molecule has 2 fully saturated rings. The average molecular weight is 273 g/mol. The molecule has 2 aromatic rings. The first kappa shape index (κ1) is 11.9. The minimum Gasteiger partial charge on any atom is -0.373 e. The molecule has 0 amide bonds. The summed E-state index contributed by atoms with van der Waals surface area (Å²) in [6, 6.07) is 10.0. The predicted octanol–water partition coefficient (Wildman–Crippen LogP) is 3.70. The van der Waals surface area contributed by atoms with Crippen LogP contribution in [-0.2, 0) is 11.3 Å². The van der Waals surface area contributed by atoms with Crippen LogP contribution in [0.15, 0.2) is 29.6 Å². The molecular weight excluding hydrogens is 254 g/mol. The summed E-state index contributed by atoms with van der Waals surface area (Å²) in [5.74, 6) is 0. The second-order valence-electron chi connectivity index (χ2n) is 5.80. The lowest BCUT2D eigenvalue weighted by molar-refractivity contribution is 0.00980. The zero-order chi connectivity index (χ0) is 12.7. The molecule has 0 aliphatic carbocycles. The molecule has 2 saturated heterocycles. The second kappa shape index (κ2) is 4.89. The van der Waals surface area contributed by atoms with E-state index in [0.29, 0.717) is 18.2 Å². The highest BCUT2D eigenvalue weighted by molar-refractivity contribution is 7.17. The lowest BCUT2D eigenvalue weighted by Gasteiger charge is -2.29. The molecule has 0 saturated carbocycles. The van der Waals surface area contributed by atoms with Gasteiger partial charge in [-0.15, -0.1) is 11.3 Å². The Kier molecular flexibility index (Phi) is 3.06. The van der Waals surface area contributed by atoms with E-state index in [-0.39, 0.29) is 0 Å². The third-order valence-electron chi connectivity index (χ3n) is 4.47. The molecule has 2 aliphatic heterocycles. The molecule has 1 aromatic carbocycles. The van der Waals surface area contributed by atoms with E-state index < -0.39 is 0 Å². The molecule has 100 valence electrons. The Bertz CT molecular complexity index is 567. The molecular formula is C16H19NOS. The Balaban J connectivity index is 1.44. The van der Waals surface area contributed by atoms with Crippen molar-refractivity contribution >= 4 is 21.4 Å². The quantitative estimate of drug-likeness (QED) is 0.920. The fourth-order valence-corrected chi connectivity index (χ4v) is 4.44. The van der Waals surface area contributed by atoms with Crippen LogP contribution >= 0.6 is 11.3 Å². The van der Waals surface area contributed by atoms with Gasteiger partial charge in [0.05, 0.1) is 12.7 Å². The second-order valence-corrected chi connectivity index (χ2v) is 6.71. The van der Waals surface area contributed by atoms with Gasteiger partial charge in [-0.05, 0) is 48.1 Å². The van der Waals surface area contributed by atoms with Gasteiger partial charge in [0.25, 0.3) is 0 Å². The third-order valence-corrected chi connectivity index (χ3v) is 5.48. The van der Waals surface area contributed by atoms with Gasteiger partial charge in [-0.3, -0.25) is 0 Å². The number of benzene rings is 1. The van der Waals surface area contributed by atoms with Crippen LogP contribution in [0.1, 0.15) is 31.2 Å². The van der Waals surface area contributed by atoms with Crippen molar-refractivity contribution in [3.05, 3.63) is 35.2 Å². The Morgan fingerprint density at radius 1 is 1.16 bits per heavy atom. The first-order valence-corrected chi connectivity index (χ1v) is 8.09. The fourth-order valence-electron chi connectivity index (χ4n) is 3.49. The predicted molar refractivity (Wildman–Crippen MR) is 79.6 cm³/mol. The zero-order valence-corrected chi connectivity index (χ0v) is 11.8. The van der Waals surface area contributed by atoms with E-state index in [0.717, 1.165) is 6.61 Å². The lowest BCUT2D eigenvalue weighted by atomic mass is 10.0. The highest BCUT2D eigenvalue weighted by Crippen LogP contribution is 2.31. The molecule has 3 heterocycles. The third kappa shape index (κ3) is 2.31. The number of nitrogens with one attached hydrogen (secondary N) is 1. The highest BCUT2D eigenvalue weighted by atomic mass is 32.1. The van der Waals surface area contributed by atoms with Gasteiger partial charge in [0, 0.05) is 16.8 Å². The van der Waals surface area contributed by atoms with E-state index in [1.165, 1.54) is 41.3 Å². The summed E-state index contributed by atoms with van der Waals surface area (Å²) >= 11 is 1.82. The van der Waals surface area contributed by atoms with Crippen molar-refractivity contribution in [3.63, 3.8) is 0 Å². The first-order valence-electron chi connectivity index (χ1n) is 7.21. The SMILES string of the molecule is c1ccc2c(COC3C[C@H]4CC[C@@H](C3)N4)csc2c1. The number of rotatable bonds is 3. The molecule has 19 heavy (non-hydrogen) atoms. The lowest BCUT2D eigenvalue weighted by Crippen LogP contribution is -2.41. The van der Waals surface area contributed by atoms with Gasteiger partial charge in [-0.25, -0.2) is 0 Å². The Morgan fingerprint density at radius 2 is 1.95 bits per heavy atom. The van der Waals surface area contributed by atoms with Gasteiger partial charge in [-0.2, -0.15) is 0 Å². The number of ether oxygens (including phenoxy) is 1. The smallest absolute Gasteiger partial charge is 0.0734 e. The maximum atomic E-state index is 6.18. The molecule has 2 nitrogen and oxygen atoms in total. The van der Waals surface area contributed by atoms with Crippen LogP contribution in [0.2, 0.25) is 0 Å². The average Bonchev–Trinajstić information content (AvgIpc) is 3.00. The Morgan fingerprint density at radius 3 is 2.79 bits per heavy atom. The van der Waals surface area contributed by atoms with Gasteiger partial charge < -0.3 is 10.1 Å². The number of hydrogen-bond acceptors (Lipinski definition) is 3. The van der Waals surface area contributed by atoms with E-state index in [1.807, 2.05) is 11.3 Å². The van der Waals surface area contributed by atoms with E-state index in [4.69, 9.17) is 4.74 Å². The van der Waals surface area contributed by atoms with Crippen LogP contribution in [-0.4, -0.2) is 18.2 Å². The first-order chi connectivity index (χ1) is 9.38. The number of hydrogen-bond donors (Lipinski definition) is 1. The standard InChI is InChI=1S/C16H19NOS/c1-2-4-16-15(3-1)11(10-19-16)9-18-14-7-12-5-6-13(8-14)17-12/h1-4,10,12-14,17H,5-9H2/t12-,13+,14?. The van der Waals surface area contributed by atoms with Crippen molar-refractivity contribution < 1.29 is 4.74 Å². The van der Waals surface area contributed by atoms with Crippen LogP contribution in [0, 0.1) is 0 Å². The normalized spacial score (nSPS) is 30.0. The van der Waals surface area contributed by atoms with Crippen LogP contribution in [0.5, 0.6) is 0 Å². The Labute approximate surface area is 117 Å². The molecule has 4 rings (SSSR count). The summed E-state index contributed by atoms with van der Waals surface area (Å²) in [5, 5.41) is 7.28. The summed E-state index contributed by atoms with van der Waals surface area (Å²) in [7, 11) is 0. The van der Waals surface area contributed by atoms with Crippen molar-refractivity contribution in [2.75, 3.05) is 0 Å². The minimum atomic E-state index is 0.456. The molecule has 3 heteroatoms. The van der Waals surface area contributed by atoms with E-state index in [9.17, 15) is 0 Å². The molecule has 0 radical (unpaired) electrons. The molecule has 1 unspecified atom stereocenters. The molecule has 1 aromatic heterocycles. The van der Waals surface area contributed by atoms with E-state index in [1.54, 1.807) is 0 Å². The fraction of sp³-hybridized carbons (Fsp3) is 0.500. The Hall–Kier alpha value is -0.900. The summed E-state index contributed by atoms with van der Waals surface area (Å²) in [6.45, 7) is 0.772. The van der Waals surface area contributed by atoms with Crippen LogP contribution in [0.3, 0.4) is 0 Å². The van der Waals surface area contributed by atoms with E-state index >= 15 is 0 Å². The van der Waals surface area contributed by atoms with Gasteiger partial charge in [0.15, 0.2) is 0 Å². The highest BCUT2D eigenvalue weighted by Gasteiger charge is 2.33. The van der Waals surface area contributed by atoms with Crippen LogP contribution in [0.25, 0.3) is 10.1 Å². The molecule has 0 spiro atoms. The molecule has 1 N–H and O–H groups in total. The molecule has 2 aliphatic rings. The minimum absolute atomic E-state index is 0.456. The summed E-state index contributed by atoms with van der Waals surface area (Å²) < 4.78 is 7.55. The largest absolute Gasteiger partial charge is 0.373 e. The molecule has 2 bridgehead atoms. The monoisotopic (exact) mass is 273 g/mol. The van der Waals surface area contributed by atoms with Gasteiger partial charge in [0.2, 0.25) is 0 Å². The van der Waals surface area contributed by atoms with Crippen molar-refractivity contribution in [1.82, 2.24) is 5.32 Å². The maximum absolute atomic E-state index is 6.18. The summed E-state index contributed by atoms with van der Waals surface area (Å²) in [5.41, 5.74) is 1.35. The van der Waals surface area contributed by atoms with E-state index in [2.05, 4.69) is 35.0 Å². The number of piperidine rings is 1. The maximum Gasteiger partial charge on any atom is 0.0734 e. The summed E-state index contributed by atoms with van der Waals surface area (Å²) in [6.07, 6.45) is 5.52. The van der Waals surface area contributed by atoms with Crippen molar-refractivity contribution in [1.29, 1.82) is 0 Å². The number of thiophene rings is 1. The topological polar surface area (TPSA) is 21.3 Å². The van der Waals surface area contributed by atoms with Gasteiger partial charge in [-0.1, -0.05) is 18.2 Å². The van der Waals surface area contributed by atoms with Crippen molar-refractivity contribution in [2.45, 2.75) is 50.5 Å². The van der Waals surface area contributed by atoms with Gasteiger partial charge >= 0.3 is 0 Å². The van der Waals surface area contributed by atoms with Gasteiger partial charge in [0.1, 0.15) is 0 Å². The van der Waals surface area contributed by atoms with Crippen LogP contribution < -0.4 is 5.32 Å². The summed E-state index contributed by atoms with van der Waals surface area (Å²) in [4.78, 5) is 0. The number of fused-ring (bicyclic) bond motifs is 3. The zero-order valence-electron chi connectivity index (χ0n) is 11.0. The van der Waals surface area contributed by atoms with Crippen LogP contribution in [0.4, 0.5) is 0 Å². The van der Waals surface area contributed by atoms with Crippen molar-refractivity contribution in [3.8, 4) is 0 Å².